The van der Waals surface area contributed by atoms with Crippen LogP contribution < -0.4 is 0 Å². The second-order valence-electron chi connectivity index (χ2n) is 11.6. The number of hydrogen-bond donors (Lipinski definition) is 1. The molecule has 41 heavy (non-hydrogen) atoms. The van der Waals surface area contributed by atoms with Crippen molar-refractivity contribution in [3.05, 3.63) is 23.8 Å². The van der Waals surface area contributed by atoms with E-state index < -0.39 is 52.6 Å². The Hall–Kier alpha value is -2.17. The minimum Gasteiger partial charge on any atom is -0.480 e. The number of ketones is 1. The Labute approximate surface area is 247 Å². The normalized spacial score (nSPS) is 32.8. The summed E-state index contributed by atoms with van der Waals surface area (Å²) in [6.45, 7) is 8.01. The number of hydrogen-bond acceptors (Lipinski definition) is 9. The summed E-state index contributed by atoms with van der Waals surface area (Å²) in [5.74, 6) is -6.30. The number of allylic oxidation sites excluding steroid dienone is 3. The molecule has 1 heterocycles. The average molecular weight is 595 g/mol. The summed E-state index contributed by atoms with van der Waals surface area (Å²) < 4.78 is 22.1. The van der Waals surface area contributed by atoms with Crippen LogP contribution in [0.1, 0.15) is 72.6 Å². The van der Waals surface area contributed by atoms with Crippen molar-refractivity contribution in [2.75, 3.05) is 26.6 Å². The zero-order valence-electron chi connectivity index (χ0n) is 25.2. The first-order valence-electron chi connectivity index (χ1n) is 14.7. The molecule has 0 amide bonds. The van der Waals surface area contributed by atoms with E-state index in [0.717, 1.165) is 32.8 Å². The fraction of sp³-hybridized carbons (Fsp3) is 0.742. The maximum Gasteiger partial charge on any atom is 0.327 e. The number of thioether (sulfide) groups is 1. The Morgan fingerprint density at radius 3 is 2.46 bits per heavy atom. The molecule has 1 saturated carbocycles. The molecule has 0 aromatic carbocycles. The van der Waals surface area contributed by atoms with Crippen LogP contribution in [0.4, 0.5) is 0 Å². The summed E-state index contributed by atoms with van der Waals surface area (Å²) in [5.41, 5.74) is -1.80. The number of carbonyl (C=O) groups excluding carboxylic acids is 3. The van der Waals surface area contributed by atoms with Crippen molar-refractivity contribution in [3.8, 4) is 0 Å². The molecular formula is C31H46O9S. The van der Waals surface area contributed by atoms with Crippen molar-refractivity contribution in [2.24, 2.45) is 29.1 Å². The highest BCUT2D eigenvalue weighted by atomic mass is 32.2. The van der Waals surface area contributed by atoms with Crippen molar-refractivity contribution < 1.29 is 43.2 Å². The first-order valence-corrected chi connectivity index (χ1v) is 15.7. The van der Waals surface area contributed by atoms with Crippen LogP contribution in [0.2, 0.25) is 0 Å². The van der Waals surface area contributed by atoms with Gasteiger partial charge in [0.15, 0.2) is 17.0 Å². The number of carboxylic acid groups (broad SMARTS) is 1. The van der Waals surface area contributed by atoms with Crippen molar-refractivity contribution in [3.63, 3.8) is 0 Å². The lowest BCUT2D eigenvalue weighted by atomic mass is 9.64. The minimum atomic E-state index is -2.17. The van der Waals surface area contributed by atoms with Gasteiger partial charge in [-0.05, 0) is 76.0 Å². The highest BCUT2D eigenvalue weighted by molar-refractivity contribution is 8.00. The van der Waals surface area contributed by atoms with E-state index in [9.17, 15) is 24.3 Å². The van der Waals surface area contributed by atoms with Gasteiger partial charge < -0.3 is 24.1 Å². The second kappa shape index (κ2) is 14.3. The third-order valence-corrected chi connectivity index (χ3v) is 9.93. The lowest BCUT2D eigenvalue weighted by molar-refractivity contribution is -0.166. The van der Waals surface area contributed by atoms with Gasteiger partial charge in [-0.1, -0.05) is 38.0 Å². The van der Waals surface area contributed by atoms with Gasteiger partial charge in [-0.25, -0.2) is 0 Å². The van der Waals surface area contributed by atoms with Gasteiger partial charge in [-0.2, -0.15) is 11.8 Å². The molecule has 0 aromatic rings. The topological polar surface area (TPSA) is 125 Å². The summed E-state index contributed by atoms with van der Waals surface area (Å²) in [6.07, 6.45) is 10.4. The van der Waals surface area contributed by atoms with Crippen molar-refractivity contribution in [1.82, 2.24) is 0 Å². The van der Waals surface area contributed by atoms with E-state index in [4.69, 9.17) is 18.9 Å². The molecule has 2 aliphatic carbocycles. The summed E-state index contributed by atoms with van der Waals surface area (Å²) in [5, 5.41) is 10.0. The van der Waals surface area contributed by atoms with E-state index >= 15 is 0 Å². The number of esters is 2. The largest absolute Gasteiger partial charge is 0.480 e. The van der Waals surface area contributed by atoms with E-state index in [1.165, 1.54) is 18.9 Å². The number of Topliss-reactive ketones (excluding diaryl/α,β-unsaturated/α-hetero) is 1. The first kappa shape index (κ1) is 33.3. The van der Waals surface area contributed by atoms with Crippen LogP contribution >= 0.6 is 11.8 Å². The van der Waals surface area contributed by atoms with Gasteiger partial charge in [0.05, 0.1) is 26.9 Å². The van der Waals surface area contributed by atoms with E-state index in [2.05, 4.69) is 6.08 Å². The lowest BCUT2D eigenvalue weighted by Gasteiger charge is -2.44. The number of methoxy groups -OCH3 is 2. The van der Waals surface area contributed by atoms with Gasteiger partial charge in [0.25, 0.3) is 0 Å². The SMILES string of the molecule is C/C=C/CCCCC[C@H]1C=C2[C@@H](SCC)[C@H](C(=O)[C@@H](C(=O)OC)C[C@@]2(C(=O)O)C(=O)OC)[C@@H]1C[C@H]1COC(C)(C)O1. The van der Waals surface area contributed by atoms with E-state index in [-0.39, 0.29) is 23.7 Å². The molecule has 10 heteroatoms. The van der Waals surface area contributed by atoms with Crippen LogP contribution in [0, 0.1) is 29.1 Å². The van der Waals surface area contributed by atoms with Gasteiger partial charge in [-0.15, -0.1) is 0 Å². The maximum atomic E-state index is 14.4. The third kappa shape index (κ3) is 7.08. The number of ether oxygens (including phenoxy) is 4. The molecule has 2 bridgehead atoms. The Bertz CT molecular complexity index is 1030. The fourth-order valence-corrected chi connectivity index (χ4v) is 8.17. The molecule has 3 aliphatic rings. The number of carbonyl (C=O) groups is 4. The zero-order chi connectivity index (χ0) is 30.4. The van der Waals surface area contributed by atoms with Crippen molar-refractivity contribution >= 4 is 35.5 Å². The number of aliphatic carboxylic acids is 1. The third-order valence-electron chi connectivity index (χ3n) is 8.69. The monoisotopic (exact) mass is 594 g/mol. The maximum absolute atomic E-state index is 14.4. The first-order chi connectivity index (χ1) is 19.5. The van der Waals surface area contributed by atoms with Crippen molar-refractivity contribution in [2.45, 2.75) is 89.8 Å². The van der Waals surface area contributed by atoms with Crippen LogP contribution in [-0.4, -0.2) is 72.5 Å². The van der Waals surface area contributed by atoms with Crippen LogP contribution in [0.15, 0.2) is 23.8 Å². The van der Waals surface area contributed by atoms with Gasteiger partial charge in [0, 0.05) is 11.2 Å². The standard InChI is InChI=1S/C31H46O9S/c1-7-9-10-11-12-13-14-19-15-23-26(41-8-2)24(21(19)16-20-18-39-30(3,4)40-20)25(32)22(27(33)37-5)17-31(23,28(34)35)29(36)38-6/h7,9,15,19-22,24,26H,8,10-14,16-18H2,1-6H3,(H,34,35)/b9-7+/t19-,20-,21+,22-,24-,26+,31+/m0/s1. The second-order valence-corrected chi connectivity index (χ2v) is 13.0. The molecule has 7 atom stereocenters. The molecule has 0 unspecified atom stereocenters. The van der Waals surface area contributed by atoms with E-state index in [1.807, 2.05) is 39.8 Å². The fourth-order valence-electron chi connectivity index (χ4n) is 6.81. The highest BCUT2D eigenvalue weighted by Crippen LogP contribution is 2.56. The Balaban J connectivity index is 2.17. The lowest BCUT2D eigenvalue weighted by Crippen LogP contribution is -2.49. The Kier molecular flexibility index (Phi) is 11.7. The summed E-state index contributed by atoms with van der Waals surface area (Å²) in [4.78, 5) is 54.0. The molecule has 1 aliphatic heterocycles. The van der Waals surface area contributed by atoms with Crippen LogP contribution in [0.3, 0.4) is 0 Å². The molecule has 1 saturated heterocycles. The summed E-state index contributed by atoms with van der Waals surface area (Å²) in [6, 6.07) is 0. The van der Waals surface area contributed by atoms with Gasteiger partial charge in [0.2, 0.25) is 0 Å². The summed E-state index contributed by atoms with van der Waals surface area (Å²) >= 11 is 1.44. The quantitative estimate of drug-likeness (QED) is 0.135. The Morgan fingerprint density at radius 1 is 1.17 bits per heavy atom. The molecule has 230 valence electrons. The molecule has 0 aromatic heterocycles. The van der Waals surface area contributed by atoms with Crippen LogP contribution in [0.25, 0.3) is 0 Å². The molecule has 1 N–H and O–H groups in total. The molecular weight excluding hydrogens is 548 g/mol. The van der Waals surface area contributed by atoms with Gasteiger partial charge in [-0.3, -0.25) is 19.2 Å². The average Bonchev–Trinajstić information content (AvgIpc) is 3.25. The molecule has 2 fully saturated rings. The van der Waals surface area contributed by atoms with Crippen molar-refractivity contribution in [1.29, 1.82) is 0 Å². The van der Waals surface area contributed by atoms with Crippen LogP contribution in [-0.2, 0) is 38.1 Å². The molecule has 0 radical (unpaired) electrons. The van der Waals surface area contributed by atoms with Gasteiger partial charge in [0.1, 0.15) is 5.92 Å². The predicted molar refractivity (Wildman–Crippen MR) is 155 cm³/mol. The minimum absolute atomic E-state index is 0.193. The Morgan fingerprint density at radius 2 is 1.90 bits per heavy atom. The smallest absolute Gasteiger partial charge is 0.327 e. The molecule has 3 rings (SSSR count). The zero-order valence-corrected chi connectivity index (χ0v) is 26.0. The summed E-state index contributed by atoms with van der Waals surface area (Å²) in [7, 11) is 2.31. The number of rotatable bonds is 13. The highest BCUT2D eigenvalue weighted by Gasteiger charge is 2.63. The van der Waals surface area contributed by atoms with E-state index in [1.54, 1.807) is 0 Å². The number of unbranched alkanes of at least 4 members (excludes halogenated alkanes) is 3. The van der Waals surface area contributed by atoms with Crippen LogP contribution in [0.5, 0.6) is 0 Å². The number of fused-ring (bicyclic) bond motifs is 2. The predicted octanol–water partition coefficient (Wildman–Crippen LogP) is 4.97. The van der Waals surface area contributed by atoms with E-state index in [0.29, 0.717) is 30.8 Å². The molecule has 0 spiro atoms. The number of carboxylic acids is 1. The molecule has 9 nitrogen and oxygen atoms in total. The van der Waals surface area contributed by atoms with Gasteiger partial charge >= 0.3 is 17.9 Å².